The van der Waals surface area contributed by atoms with Crippen molar-refractivity contribution in [2.24, 2.45) is 0 Å². The van der Waals surface area contributed by atoms with Crippen molar-refractivity contribution in [2.45, 2.75) is 31.7 Å². The average Bonchev–Trinajstić information content (AvgIpc) is 3.57. The number of pyridine rings is 1. The molecule has 1 amide bonds. The fourth-order valence-corrected chi connectivity index (χ4v) is 3.97. The van der Waals surface area contributed by atoms with Gasteiger partial charge in [0.05, 0.1) is 25.3 Å². The minimum Gasteiger partial charge on any atom is -0.497 e. The number of carbonyl (C=O) groups excluding carboxylic acids is 1. The third kappa shape index (κ3) is 4.55. The maximum atomic E-state index is 13.0. The summed E-state index contributed by atoms with van der Waals surface area (Å²) in [5.74, 6) is 1.14. The van der Waals surface area contributed by atoms with Gasteiger partial charge in [0, 0.05) is 17.0 Å². The molecule has 3 aromatic rings. The monoisotopic (exact) mass is 433 g/mol. The highest BCUT2D eigenvalue weighted by molar-refractivity contribution is 5.97. The van der Waals surface area contributed by atoms with Gasteiger partial charge in [0.25, 0.3) is 5.91 Å². The summed E-state index contributed by atoms with van der Waals surface area (Å²) in [7, 11) is 5.35. The minimum absolute atomic E-state index is 0.0937. The molecule has 1 saturated heterocycles. The van der Waals surface area contributed by atoms with Crippen LogP contribution in [-0.4, -0.2) is 50.1 Å². The van der Waals surface area contributed by atoms with Crippen LogP contribution in [0.2, 0.25) is 0 Å². The lowest BCUT2D eigenvalue weighted by Gasteiger charge is -2.24. The van der Waals surface area contributed by atoms with Gasteiger partial charge in [-0.25, -0.2) is 4.98 Å². The Morgan fingerprint density at radius 2 is 1.78 bits per heavy atom. The standard InChI is InChI=1S/C22H22N2O3.C4H9N/c1-14-8-9-15(26-2)12-17(14)21(25)24-22(10-11-22)18-13-20(27-3)23-19-7-5-4-6-16(18)19;1-5-3-2-4-5/h4-9,12-13H,10-11H2,1-3H3,(H,24,25);2-4H2,1H3. The van der Waals surface area contributed by atoms with Crippen LogP contribution in [0.3, 0.4) is 0 Å². The number of hydrogen-bond acceptors (Lipinski definition) is 5. The molecule has 1 N–H and O–H groups in total. The normalized spacial score (nSPS) is 16.4. The molecule has 0 atom stereocenters. The van der Waals surface area contributed by atoms with Gasteiger partial charge in [-0.1, -0.05) is 24.3 Å². The highest BCUT2D eigenvalue weighted by Crippen LogP contribution is 2.48. The summed E-state index contributed by atoms with van der Waals surface area (Å²) in [6, 6.07) is 15.4. The van der Waals surface area contributed by atoms with E-state index in [0.29, 0.717) is 17.2 Å². The molecule has 1 aromatic heterocycles. The van der Waals surface area contributed by atoms with Gasteiger partial charge in [-0.15, -0.1) is 0 Å². The van der Waals surface area contributed by atoms with Gasteiger partial charge in [0.1, 0.15) is 5.75 Å². The largest absolute Gasteiger partial charge is 0.497 e. The van der Waals surface area contributed by atoms with E-state index < -0.39 is 0 Å². The Kier molecular flexibility index (Phi) is 6.33. The zero-order valence-electron chi connectivity index (χ0n) is 19.3. The second kappa shape index (κ2) is 9.17. The first kappa shape index (κ1) is 22.1. The number of likely N-dealkylation sites (tertiary alicyclic amines) is 1. The van der Waals surface area contributed by atoms with Gasteiger partial charge in [-0.05, 0) is 75.6 Å². The molecule has 6 heteroatoms. The van der Waals surface area contributed by atoms with Crippen molar-refractivity contribution in [1.29, 1.82) is 0 Å². The Bertz CT molecular complexity index is 1120. The minimum atomic E-state index is -0.386. The number of methoxy groups -OCH3 is 2. The van der Waals surface area contributed by atoms with Crippen molar-refractivity contribution < 1.29 is 14.3 Å². The Morgan fingerprint density at radius 1 is 1.06 bits per heavy atom. The second-order valence-electron chi connectivity index (χ2n) is 8.60. The van der Waals surface area contributed by atoms with Crippen LogP contribution in [-0.2, 0) is 5.54 Å². The van der Waals surface area contributed by atoms with Crippen molar-refractivity contribution in [2.75, 3.05) is 34.4 Å². The number of para-hydroxylation sites is 1. The third-order valence-corrected chi connectivity index (χ3v) is 6.29. The van der Waals surface area contributed by atoms with Crippen LogP contribution in [0.1, 0.15) is 40.7 Å². The number of aryl methyl sites for hydroxylation is 1. The molecule has 168 valence electrons. The number of nitrogens with zero attached hydrogens (tertiary/aromatic N) is 2. The van der Waals surface area contributed by atoms with E-state index >= 15 is 0 Å². The van der Waals surface area contributed by atoms with Gasteiger partial charge < -0.3 is 19.7 Å². The molecule has 1 saturated carbocycles. The van der Waals surface area contributed by atoms with Crippen molar-refractivity contribution in [3.63, 3.8) is 0 Å². The van der Waals surface area contributed by atoms with Gasteiger partial charge >= 0.3 is 0 Å². The van der Waals surface area contributed by atoms with E-state index in [4.69, 9.17) is 9.47 Å². The SMILES string of the molecule is CN1CCC1.COc1ccc(C)c(C(=O)NC2(c3cc(OC)nc4ccccc34)CC2)c1. The molecule has 1 aliphatic carbocycles. The number of amides is 1. The van der Waals surface area contributed by atoms with E-state index in [1.165, 1.54) is 19.5 Å². The number of carbonyl (C=O) groups is 1. The quantitative estimate of drug-likeness (QED) is 0.650. The molecule has 2 aliphatic rings. The molecule has 0 bridgehead atoms. The summed E-state index contributed by atoms with van der Waals surface area (Å²) in [5.41, 5.74) is 3.08. The maximum absolute atomic E-state index is 13.0. The summed E-state index contributed by atoms with van der Waals surface area (Å²) >= 11 is 0. The van der Waals surface area contributed by atoms with E-state index in [1.54, 1.807) is 20.3 Å². The van der Waals surface area contributed by atoms with E-state index in [2.05, 4.69) is 22.2 Å². The molecule has 6 nitrogen and oxygen atoms in total. The van der Waals surface area contributed by atoms with Crippen LogP contribution >= 0.6 is 0 Å². The zero-order valence-corrected chi connectivity index (χ0v) is 19.3. The predicted molar refractivity (Wildman–Crippen MR) is 127 cm³/mol. The fourth-order valence-electron chi connectivity index (χ4n) is 3.97. The molecule has 5 rings (SSSR count). The number of ether oxygens (including phenoxy) is 2. The first-order valence-corrected chi connectivity index (χ1v) is 11.1. The Morgan fingerprint density at radius 3 is 2.38 bits per heavy atom. The Balaban J connectivity index is 0.000000433. The molecule has 0 unspecified atom stereocenters. The van der Waals surface area contributed by atoms with Gasteiger partial charge in [-0.3, -0.25) is 4.79 Å². The van der Waals surface area contributed by atoms with Crippen molar-refractivity contribution >= 4 is 16.8 Å². The summed E-state index contributed by atoms with van der Waals surface area (Å²) < 4.78 is 10.7. The summed E-state index contributed by atoms with van der Waals surface area (Å²) in [5, 5.41) is 4.30. The molecular formula is C26H31N3O3. The number of rotatable bonds is 5. The molecular weight excluding hydrogens is 402 g/mol. The molecule has 0 spiro atoms. The lowest BCUT2D eigenvalue weighted by atomic mass is 9.98. The molecule has 0 radical (unpaired) electrons. The topological polar surface area (TPSA) is 63.7 Å². The molecule has 2 aromatic carbocycles. The highest BCUT2D eigenvalue weighted by Gasteiger charge is 2.47. The molecule has 1 aliphatic heterocycles. The van der Waals surface area contributed by atoms with E-state index in [0.717, 1.165) is 34.9 Å². The summed E-state index contributed by atoms with van der Waals surface area (Å²) in [6.07, 6.45) is 3.19. The number of hydrogen-bond donors (Lipinski definition) is 1. The van der Waals surface area contributed by atoms with Gasteiger partial charge in [-0.2, -0.15) is 0 Å². The summed E-state index contributed by atoms with van der Waals surface area (Å²) in [4.78, 5) is 19.9. The second-order valence-corrected chi connectivity index (χ2v) is 8.60. The van der Waals surface area contributed by atoms with Crippen LogP contribution in [0.4, 0.5) is 0 Å². The Hall–Kier alpha value is -3.12. The maximum Gasteiger partial charge on any atom is 0.252 e. The van der Waals surface area contributed by atoms with Gasteiger partial charge in [0.15, 0.2) is 0 Å². The first-order chi connectivity index (χ1) is 15.5. The third-order valence-electron chi connectivity index (χ3n) is 6.29. The van der Waals surface area contributed by atoms with Crippen LogP contribution in [0, 0.1) is 6.92 Å². The summed E-state index contributed by atoms with van der Waals surface area (Å²) in [6.45, 7) is 4.57. The zero-order chi connectivity index (χ0) is 22.7. The van der Waals surface area contributed by atoms with Crippen LogP contribution in [0.15, 0.2) is 48.5 Å². The highest BCUT2D eigenvalue weighted by atomic mass is 16.5. The van der Waals surface area contributed by atoms with Gasteiger partial charge in [0.2, 0.25) is 5.88 Å². The average molecular weight is 434 g/mol. The van der Waals surface area contributed by atoms with Crippen LogP contribution in [0.25, 0.3) is 10.9 Å². The van der Waals surface area contributed by atoms with Crippen molar-refractivity contribution in [3.05, 3.63) is 65.2 Å². The lowest BCUT2D eigenvalue weighted by molar-refractivity contribution is 0.0930. The van der Waals surface area contributed by atoms with Crippen molar-refractivity contribution in [1.82, 2.24) is 15.2 Å². The number of benzene rings is 2. The lowest BCUT2D eigenvalue weighted by Crippen LogP contribution is -2.35. The van der Waals surface area contributed by atoms with Crippen LogP contribution in [0.5, 0.6) is 11.6 Å². The van der Waals surface area contributed by atoms with E-state index in [-0.39, 0.29) is 11.4 Å². The van der Waals surface area contributed by atoms with E-state index in [9.17, 15) is 4.79 Å². The molecule has 2 fully saturated rings. The van der Waals surface area contributed by atoms with Crippen LogP contribution < -0.4 is 14.8 Å². The molecule has 32 heavy (non-hydrogen) atoms. The first-order valence-electron chi connectivity index (χ1n) is 11.1. The number of fused-ring (bicyclic) bond motifs is 1. The fraction of sp³-hybridized carbons (Fsp3) is 0.385. The molecule has 2 heterocycles. The number of aromatic nitrogens is 1. The predicted octanol–water partition coefficient (Wildman–Crippen LogP) is 4.30. The Labute approximate surface area is 189 Å². The smallest absolute Gasteiger partial charge is 0.252 e. The van der Waals surface area contributed by atoms with Crippen molar-refractivity contribution in [3.8, 4) is 11.6 Å². The van der Waals surface area contributed by atoms with E-state index in [1.807, 2.05) is 49.4 Å². The number of nitrogens with one attached hydrogen (secondary N) is 1.